The van der Waals surface area contributed by atoms with Crippen molar-refractivity contribution in [1.29, 1.82) is 0 Å². The van der Waals surface area contributed by atoms with Crippen molar-refractivity contribution < 1.29 is 39.1 Å². The lowest BCUT2D eigenvalue weighted by molar-refractivity contribution is -0.147. The Kier molecular flexibility index (Phi) is 21.7. The molecule has 0 fully saturated rings. The molecule has 0 aliphatic carbocycles. The Morgan fingerprint density at radius 3 is 2.08 bits per heavy atom. The van der Waals surface area contributed by atoms with Crippen LogP contribution in [0.2, 0.25) is 0 Å². The number of hydrogen-bond donors (Lipinski definition) is 9. The summed E-state index contributed by atoms with van der Waals surface area (Å²) in [6.45, 7) is 5.30. The number of carbonyl (C=O) groups excluding carboxylic acids is 6. The maximum absolute atomic E-state index is 13.6. The molecule has 2 aromatic carbocycles. The van der Waals surface area contributed by atoms with Crippen LogP contribution in [0, 0.1) is 11.8 Å². The van der Waals surface area contributed by atoms with Crippen molar-refractivity contribution in [3.05, 3.63) is 83.2 Å². The molecule has 11 N–H and O–H groups in total. The van der Waals surface area contributed by atoms with Gasteiger partial charge in [0.25, 0.3) is 5.91 Å². The number of rotatable bonds is 29. The van der Waals surface area contributed by atoms with Gasteiger partial charge in [-0.05, 0) is 89.3 Å². The summed E-state index contributed by atoms with van der Waals surface area (Å²) in [7, 11) is 1.85. The van der Waals surface area contributed by atoms with E-state index in [1.165, 1.54) is 5.48 Å². The average Bonchev–Trinajstić information content (AvgIpc) is 3.71. The number of aliphatic hydroxyl groups excluding tert-OH is 1. The summed E-state index contributed by atoms with van der Waals surface area (Å²) in [4.78, 5) is 76.5. The molecule has 0 radical (unpaired) electrons. The molecule has 5 amide bonds. The highest BCUT2D eigenvalue weighted by Gasteiger charge is 2.35. The zero-order valence-electron chi connectivity index (χ0n) is 35.5. The van der Waals surface area contributed by atoms with Crippen LogP contribution in [0.1, 0.15) is 98.8 Å². The Hall–Kier alpha value is -5.56. The first kappa shape index (κ1) is 49.8. The summed E-state index contributed by atoms with van der Waals surface area (Å²) in [5.74, 6) is -4.81. The lowest BCUT2D eigenvalue weighted by Crippen LogP contribution is -2.53. The van der Waals surface area contributed by atoms with Crippen LogP contribution >= 0.6 is 0 Å². The van der Waals surface area contributed by atoms with Crippen molar-refractivity contribution in [2.75, 3.05) is 20.1 Å². The second kappa shape index (κ2) is 26.6. The third-order valence-electron chi connectivity index (χ3n) is 10.2. The fraction of sp³-hybridized carbons (Fsp3) is 0.535. The number of aromatic nitrogens is 3. The zero-order valence-corrected chi connectivity index (χ0v) is 35.5. The Bertz CT molecular complexity index is 1840. The summed E-state index contributed by atoms with van der Waals surface area (Å²) in [6, 6.07) is 13.0. The van der Waals surface area contributed by atoms with Gasteiger partial charge in [0, 0.05) is 36.8 Å². The number of hydrogen-bond acceptors (Lipinski definition) is 12. The van der Waals surface area contributed by atoms with E-state index < -0.39 is 59.7 Å². The number of nitrogens with zero attached hydrogens (tertiary/aromatic N) is 3. The smallest absolute Gasteiger partial charge is 0.272 e. The van der Waals surface area contributed by atoms with E-state index in [0.29, 0.717) is 74.7 Å². The third kappa shape index (κ3) is 17.5. The molecular weight excluding hydrogens is 785 g/mol. The molecule has 334 valence electrons. The largest absolute Gasteiger partial charge is 0.382 e. The van der Waals surface area contributed by atoms with Gasteiger partial charge in [-0.15, -0.1) is 5.10 Å². The molecule has 61 heavy (non-hydrogen) atoms. The SMILES string of the molecule is CNCCCCC(NC(=O)C(N)CCCCn1cc(CCCCNC(=O)[C@H](Cc2ccc(C(=O)c3ccccc3)cc2)NC(=O)[C@H](CC(C)C)[C@H](O)C(=O)NO)nn1)C(N)=O. The summed E-state index contributed by atoms with van der Waals surface area (Å²) in [5, 5.41) is 39.4. The van der Waals surface area contributed by atoms with Crippen molar-refractivity contribution in [1.82, 2.24) is 41.7 Å². The Balaban J connectivity index is 1.51. The van der Waals surface area contributed by atoms with Crippen LogP contribution in [0.25, 0.3) is 0 Å². The number of benzene rings is 2. The van der Waals surface area contributed by atoms with Crippen LogP contribution in [-0.4, -0.2) is 105 Å². The van der Waals surface area contributed by atoms with Gasteiger partial charge in [0.2, 0.25) is 23.6 Å². The van der Waals surface area contributed by atoms with E-state index in [1.807, 2.05) is 33.2 Å². The second-order valence-electron chi connectivity index (χ2n) is 15.7. The summed E-state index contributed by atoms with van der Waals surface area (Å²) < 4.78 is 1.72. The van der Waals surface area contributed by atoms with Gasteiger partial charge in [0.1, 0.15) is 18.2 Å². The number of hydroxylamine groups is 1. The number of nitrogens with two attached hydrogens (primary N) is 2. The standard InChI is InChI=1S/C43H64N10O8/c1-28(2)25-33(38(55)43(60)51-61)40(57)49-36(26-29-18-20-31(21-19-29)37(54)30-13-5-4-6-14-30)42(59)47-23-11-7-15-32-27-53(52-50-32)24-12-9-16-34(44)41(58)48-35(39(45)56)17-8-10-22-46-3/h4-6,13-14,18-21,27-28,33-36,38,46,55,61H,7-12,15-17,22-26,44H2,1-3H3,(H2,45,56)(H,47,59)(H,48,58)(H,49,57)(H,51,60)/t33-,34?,35?,36+,38+/m1/s1. The maximum atomic E-state index is 13.6. The van der Waals surface area contributed by atoms with Gasteiger partial charge >= 0.3 is 0 Å². The minimum atomic E-state index is -1.85. The van der Waals surface area contributed by atoms with Crippen LogP contribution in [0.4, 0.5) is 0 Å². The van der Waals surface area contributed by atoms with Crippen molar-refractivity contribution in [2.45, 2.75) is 115 Å². The number of carbonyl (C=O) groups is 6. The topological polar surface area (TPSA) is 286 Å². The summed E-state index contributed by atoms with van der Waals surface area (Å²) in [5.41, 5.74) is 15.4. The number of amides is 5. The molecule has 0 spiro atoms. The van der Waals surface area contributed by atoms with Crippen LogP contribution in [0.15, 0.2) is 60.8 Å². The molecule has 18 nitrogen and oxygen atoms in total. The predicted molar refractivity (Wildman–Crippen MR) is 228 cm³/mol. The first-order valence-electron chi connectivity index (χ1n) is 21.0. The van der Waals surface area contributed by atoms with Crippen LogP contribution < -0.4 is 38.2 Å². The molecule has 0 aliphatic heterocycles. The normalized spacial score (nSPS) is 13.7. The Morgan fingerprint density at radius 2 is 1.43 bits per heavy atom. The molecule has 0 bridgehead atoms. The Labute approximate surface area is 357 Å². The number of nitrogens with one attached hydrogen (secondary N) is 5. The summed E-state index contributed by atoms with van der Waals surface area (Å²) in [6.07, 6.45) is 5.89. The molecule has 3 rings (SSSR count). The van der Waals surface area contributed by atoms with Crippen molar-refractivity contribution in [3.63, 3.8) is 0 Å². The van der Waals surface area contributed by atoms with Crippen molar-refractivity contribution in [3.8, 4) is 0 Å². The van der Waals surface area contributed by atoms with E-state index in [2.05, 4.69) is 31.6 Å². The van der Waals surface area contributed by atoms with Gasteiger partial charge in [-0.2, -0.15) is 0 Å². The number of ketones is 1. The highest BCUT2D eigenvalue weighted by molar-refractivity contribution is 6.09. The molecule has 3 aromatic rings. The lowest BCUT2D eigenvalue weighted by atomic mass is 9.90. The number of primary amides is 1. The monoisotopic (exact) mass is 848 g/mol. The average molecular weight is 849 g/mol. The molecular formula is C43H64N10O8. The highest BCUT2D eigenvalue weighted by Crippen LogP contribution is 2.18. The highest BCUT2D eigenvalue weighted by atomic mass is 16.5. The van der Waals surface area contributed by atoms with Crippen LogP contribution in [-0.2, 0) is 43.4 Å². The molecule has 0 aliphatic rings. The maximum Gasteiger partial charge on any atom is 0.272 e. The van der Waals surface area contributed by atoms with Gasteiger partial charge in [0.05, 0.1) is 17.7 Å². The number of aliphatic hydroxyl groups is 1. The van der Waals surface area contributed by atoms with Gasteiger partial charge < -0.3 is 37.8 Å². The van der Waals surface area contributed by atoms with E-state index >= 15 is 0 Å². The van der Waals surface area contributed by atoms with E-state index in [9.17, 15) is 33.9 Å². The molecule has 1 aromatic heterocycles. The molecule has 18 heteroatoms. The molecule has 1 heterocycles. The van der Waals surface area contributed by atoms with Gasteiger partial charge in [-0.1, -0.05) is 73.7 Å². The molecule has 5 atom stereocenters. The number of unbranched alkanes of at least 4 members (excludes halogenated alkanes) is 3. The fourth-order valence-corrected chi connectivity index (χ4v) is 6.72. The first-order chi connectivity index (χ1) is 29.2. The van der Waals surface area contributed by atoms with Crippen molar-refractivity contribution >= 4 is 35.3 Å². The first-order valence-corrected chi connectivity index (χ1v) is 21.0. The predicted octanol–water partition coefficient (Wildman–Crippen LogP) is 1.06. The number of aryl methyl sites for hydroxylation is 2. The van der Waals surface area contributed by atoms with Gasteiger partial charge in [-0.3, -0.25) is 38.7 Å². The lowest BCUT2D eigenvalue weighted by Gasteiger charge is -2.26. The minimum absolute atomic E-state index is 0.0590. The Morgan fingerprint density at radius 1 is 0.770 bits per heavy atom. The molecule has 0 saturated carbocycles. The molecule has 2 unspecified atom stereocenters. The minimum Gasteiger partial charge on any atom is -0.382 e. The van der Waals surface area contributed by atoms with Gasteiger partial charge in [0.15, 0.2) is 5.78 Å². The van der Waals surface area contributed by atoms with Crippen molar-refractivity contribution in [2.24, 2.45) is 23.3 Å². The van der Waals surface area contributed by atoms with E-state index in [4.69, 9.17) is 16.7 Å². The third-order valence-corrected chi connectivity index (χ3v) is 10.2. The second-order valence-corrected chi connectivity index (χ2v) is 15.7. The van der Waals surface area contributed by atoms with Gasteiger partial charge in [-0.25, -0.2) is 5.48 Å². The van der Waals surface area contributed by atoms with E-state index in [1.54, 1.807) is 53.2 Å². The summed E-state index contributed by atoms with van der Waals surface area (Å²) >= 11 is 0. The van der Waals surface area contributed by atoms with E-state index in [-0.39, 0.29) is 24.5 Å². The van der Waals surface area contributed by atoms with Crippen LogP contribution in [0.3, 0.4) is 0 Å². The fourth-order valence-electron chi connectivity index (χ4n) is 6.72. The zero-order chi connectivity index (χ0) is 44.7. The quantitative estimate of drug-likeness (QED) is 0.0205. The van der Waals surface area contributed by atoms with E-state index in [0.717, 1.165) is 25.1 Å². The van der Waals surface area contributed by atoms with Crippen LogP contribution in [0.5, 0.6) is 0 Å². The molecule has 0 saturated heterocycles.